The van der Waals surface area contributed by atoms with E-state index in [0.29, 0.717) is 31.0 Å². The molecule has 0 saturated heterocycles. The van der Waals surface area contributed by atoms with E-state index < -0.39 is 0 Å². The van der Waals surface area contributed by atoms with Crippen molar-refractivity contribution < 1.29 is 19.1 Å². The minimum atomic E-state index is -0.154. The Morgan fingerprint density at radius 2 is 1.73 bits per heavy atom. The quantitative estimate of drug-likeness (QED) is 0.325. The van der Waals surface area contributed by atoms with Gasteiger partial charge in [0.25, 0.3) is 0 Å². The van der Waals surface area contributed by atoms with Crippen LogP contribution in [0.2, 0.25) is 0 Å². The van der Waals surface area contributed by atoms with Gasteiger partial charge >= 0.3 is 5.97 Å². The van der Waals surface area contributed by atoms with Crippen molar-refractivity contribution in [1.82, 2.24) is 0 Å². The second-order valence-corrected chi connectivity index (χ2v) is 7.23. The molecule has 0 radical (unpaired) electrons. The average molecular weight is 358 g/mol. The SMILES string of the molecule is COC(=O)CCCCCCC1C(=O)CCC1CCC(=O)c1ccccc1. The standard InChI is InChI=1S/C22H30O4/c1-26-22(25)12-8-3-2-7-11-19-17(14-16-21(19)24)13-15-20(23)18-9-5-4-6-10-18/h4-6,9-10,17,19H,2-3,7-8,11-16H2,1H3. The molecule has 0 aliphatic heterocycles. The van der Waals surface area contributed by atoms with Crippen molar-refractivity contribution in [1.29, 1.82) is 0 Å². The molecule has 1 aliphatic carbocycles. The Balaban J connectivity index is 1.69. The molecule has 1 saturated carbocycles. The first-order chi connectivity index (χ1) is 12.6. The van der Waals surface area contributed by atoms with Gasteiger partial charge in [-0.05, 0) is 31.6 Å². The molecule has 4 heteroatoms. The van der Waals surface area contributed by atoms with E-state index in [9.17, 15) is 14.4 Å². The molecule has 1 aromatic carbocycles. The van der Waals surface area contributed by atoms with Gasteiger partial charge in [0.2, 0.25) is 0 Å². The Kier molecular flexibility index (Phi) is 8.52. The van der Waals surface area contributed by atoms with Gasteiger partial charge in [0.05, 0.1) is 7.11 Å². The van der Waals surface area contributed by atoms with Crippen LogP contribution >= 0.6 is 0 Å². The molecule has 0 heterocycles. The first-order valence-electron chi connectivity index (χ1n) is 9.79. The molecular weight excluding hydrogens is 328 g/mol. The summed E-state index contributed by atoms with van der Waals surface area (Å²) in [6.45, 7) is 0. The zero-order valence-corrected chi connectivity index (χ0v) is 15.7. The summed E-state index contributed by atoms with van der Waals surface area (Å²) >= 11 is 0. The number of carbonyl (C=O) groups is 3. The molecule has 1 aromatic rings. The molecule has 2 unspecified atom stereocenters. The van der Waals surface area contributed by atoms with Crippen LogP contribution in [0.5, 0.6) is 0 Å². The van der Waals surface area contributed by atoms with E-state index in [4.69, 9.17) is 0 Å². The van der Waals surface area contributed by atoms with Crippen LogP contribution in [0, 0.1) is 11.8 Å². The lowest BCUT2D eigenvalue weighted by Crippen LogP contribution is -2.16. The topological polar surface area (TPSA) is 60.4 Å². The van der Waals surface area contributed by atoms with E-state index >= 15 is 0 Å². The second-order valence-electron chi connectivity index (χ2n) is 7.23. The van der Waals surface area contributed by atoms with E-state index in [0.717, 1.165) is 50.5 Å². The van der Waals surface area contributed by atoms with Crippen LogP contribution in [-0.4, -0.2) is 24.6 Å². The monoisotopic (exact) mass is 358 g/mol. The highest BCUT2D eigenvalue weighted by Crippen LogP contribution is 2.36. The summed E-state index contributed by atoms with van der Waals surface area (Å²) in [5, 5.41) is 0. The summed E-state index contributed by atoms with van der Waals surface area (Å²) in [5.41, 5.74) is 0.763. The van der Waals surface area contributed by atoms with Gasteiger partial charge in [-0.2, -0.15) is 0 Å². The molecule has 0 spiro atoms. The van der Waals surface area contributed by atoms with E-state index in [1.54, 1.807) is 0 Å². The average Bonchev–Trinajstić information content (AvgIpc) is 3.02. The van der Waals surface area contributed by atoms with Gasteiger partial charge in [0.15, 0.2) is 5.78 Å². The van der Waals surface area contributed by atoms with Gasteiger partial charge in [-0.3, -0.25) is 14.4 Å². The fraction of sp³-hybridized carbons (Fsp3) is 0.591. The normalized spacial score (nSPS) is 19.5. The third-order valence-electron chi connectivity index (χ3n) is 5.46. The molecule has 26 heavy (non-hydrogen) atoms. The van der Waals surface area contributed by atoms with Crippen molar-refractivity contribution in [3.05, 3.63) is 35.9 Å². The van der Waals surface area contributed by atoms with E-state index in [-0.39, 0.29) is 17.7 Å². The summed E-state index contributed by atoms with van der Waals surface area (Å²) in [4.78, 5) is 35.6. The molecule has 4 nitrogen and oxygen atoms in total. The Morgan fingerprint density at radius 3 is 2.46 bits per heavy atom. The van der Waals surface area contributed by atoms with Crippen LogP contribution in [0.4, 0.5) is 0 Å². The fourth-order valence-electron chi connectivity index (χ4n) is 3.89. The summed E-state index contributed by atoms with van der Waals surface area (Å²) in [6, 6.07) is 9.39. The Hall–Kier alpha value is -1.97. The molecule has 142 valence electrons. The predicted octanol–water partition coefficient (Wildman–Crippen LogP) is 4.76. The van der Waals surface area contributed by atoms with E-state index in [1.807, 2.05) is 30.3 Å². The maximum absolute atomic E-state index is 12.3. The molecular formula is C22H30O4. The molecule has 2 rings (SSSR count). The molecule has 1 aliphatic rings. The number of unbranched alkanes of at least 4 members (excludes halogenated alkanes) is 3. The number of esters is 1. The second kappa shape index (κ2) is 10.9. The summed E-state index contributed by atoms with van der Waals surface area (Å²) < 4.78 is 4.63. The molecule has 0 aromatic heterocycles. The van der Waals surface area contributed by atoms with Crippen LogP contribution < -0.4 is 0 Å². The van der Waals surface area contributed by atoms with Crippen LogP contribution in [-0.2, 0) is 14.3 Å². The van der Waals surface area contributed by atoms with Crippen molar-refractivity contribution in [3.8, 4) is 0 Å². The smallest absolute Gasteiger partial charge is 0.305 e. The first-order valence-corrected chi connectivity index (χ1v) is 9.79. The molecule has 0 N–H and O–H groups in total. The maximum Gasteiger partial charge on any atom is 0.305 e. The van der Waals surface area contributed by atoms with Gasteiger partial charge < -0.3 is 4.74 Å². The number of ether oxygens (including phenoxy) is 1. The lowest BCUT2D eigenvalue weighted by atomic mass is 9.86. The number of carbonyl (C=O) groups excluding carboxylic acids is 3. The number of rotatable bonds is 11. The van der Waals surface area contributed by atoms with Crippen molar-refractivity contribution >= 4 is 17.5 Å². The Bertz CT molecular complexity index is 593. The molecule has 0 amide bonds. The summed E-state index contributed by atoms with van der Waals surface area (Å²) in [6.07, 6.45) is 8.21. The minimum absolute atomic E-state index is 0.124. The molecule has 0 bridgehead atoms. The number of hydrogen-bond donors (Lipinski definition) is 0. The van der Waals surface area contributed by atoms with Gasteiger partial charge in [-0.15, -0.1) is 0 Å². The van der Waals surface area contributed by atoms with Crippen molar-refractivity contribution in [3.63, 3.8) is 0 Å². The van der Waals surface area contributed by atoms with E-state index in [1.165, 1.54) is 7.11 Å². The van der Waals surface area contributed by atoms with Crippen LogP contribution in [0.1, 0.15) is 74.6 Å². The number of benzene rings is 1. The lowest BCUT2D eigenvalue weighted by molar-refractivity contribution is -0.140. The van der Waals surface area contributed by atoms with Gasteiger partial charge in [-0.1, -0.05) is 49.6 Å². The third-order valence-corrected chi connectivity index (χ3v) is 5.46. The van der Waals surface area contributed by atoms with Crippen LogP contribution in [0.25, 0.3) is 0 Å². The van der Waals surface area contributed by atoms with Gasteiger partial charge in [0, 0.05) is 30.7 Å². The van der Waals surface area contributed by atoms with Crippen molar-refractivity contribution in [2.45, 2.75) is 64.2 Å². The number of ketones is 2. The van der Waals surface area contributed by atoms with E-state index in [2.05, 4.69) is 4.74 Å². The van der Waals surface area contributed by atoms with Crippen LogP contribution in [0.15, 0.2) is 30.3 Å². The minimum Gasteiger partial charge on any atom is -0.469 e. The van der Waals surface area contributed by atoms with Gasteiger partial charge in [-0.25, -0.2) is 0 Å². The zero-order valence-electron chi connectivity index (χ0n) is 15.7. The molecule has 1 fully saturated rings. The van der Waals surface area contributed by atoms with Crippen LogP contribution in [0.3, 0.4) is 0 Å². The first kappa shape index (κ1) is 20.3. The Labute approximate surface area is 156 Å². The molecule has 2 atom stereocenters. The maximum atomic E-state index is 12.3. The van der Waals surface area contributed by atoms with Crippen molar-refractivity contribution in [2.24, 2.45) is 11.8 Å². The predicted molar refractivity (Wildman–Crippen MR) is 101 cm³/mol. The largest absolute Gasteiger partial charge is 0.469 e. The summed E-state index contributed by atoms with van der Waals surface area (Å²) in [5.74, 6) is 0.867. The summed E-state index contributed by atoms with van der Waals surface area (Å²) in [7, 11) is 1.41. The highest BCUT2D eigenvalue weighted by molar-refractivity contribution is 5.96. The number of Topliss-reactive ketones (excluding diaryl/α,β-unsaturated/α-hetero) is 2. The highest BCUT2D eigenvalue weighted by atomic mass is 16.5. The number of methoxy groups -OCH3 is 1. The highest BCUT2D eigenvalue weighted by Gasteiger charge is 2.33. The Morgan fingerprint density at radius 1 is 1.00 bits per heavy atom. The third kappa shape index (κ3) is 6.40. The number of hydrogen-bond acceptors (Lipinski definition) is 4. The van der Waals surface area contributed by atoms with Crippen molar-refractivity contribution in [2.75, 3.05) is 7.11 Å². The lowest BCUT2D eigenvalue weighted by Gasteiger charge is -2.18. The fourth-order valence-corrected chi connectivity index (χ4v) is 3.89. The zero-order chi connectivity index (χ0) is 18.8. The van der Waals surface area contributed by atoms with Gasteiger partial charge in [0.1, 0.15) is 5.78 Å².